The smallest absolute Gasteiger partial charge is 0.119 e. The molecule has 0 spiro atoms. The van der Waals surface area contributed by atoms with Crippen LogP contribution in [0.4, 0.5) is 0 Å². The minimum atomic E-state index is -1.13. The number of rotatable bonds is 2. The standard InChI is InChI=1S/C14H17NO2S/c1-9-5-6-18-12(9)13(2,16)14(8-15)7-10-3-4-11(14)17-10/h5-6,10-11,16H,3-4,7H2,1-2H3. The van der Waals surface area contributed by atoms with Crippen LogP contribution in [0.1, 0.15) is 36.6 Å². The maximum atomic E-state index is 11.0. The molecule has 18 heavy (non-hydrogen) atoms. The third-order valence-electron chi connectivity index (χ3n) is 4.58. The van der Waals surface area contributed by atoms with Gasteiger partial charge in [-0.2, -0.15) is 5.26 Å². The lowest BCUT2D eigenvalue weighted by atomic mass is 9.63. The molecule has 3 rings (SSSR count). The van der Waals surface area contributed by atoms with Gasteiger partial charge in [0.25, 0.3) is 0 Å². The van der Waals surface area contributed by atoms with Crippen molar-refractivity contribution in [2.45, 2.75) is 50.9 Å². The molecule has 1 N–H and O–H groups in total. The molecule has 96 valence electrons. The molecule has 0 amide bonds. The Kier molecular flexibility index (Phi) is 2.57. The first-order valence-electron chi connectivity index (χ1n) is 6.35. The molecule has 0 aliphatic carbocycles. The first-order chi connectivity index (χ1) is 8.51. The highest BCUT2D eigenvalue weighted by Crippen LogP contribution is 2.57. The molecule has 3 nitrogen and oxygen atoms in total. The van der Waals surface area contributed by atoms with Gasteiger partial charge in [0.15, 0.2) is 0 Å². The van der Waals surface area contributed by atoms with Crippen LogP contribution in [-0.4, -0.2) is 17.3 Å². The van der Waals surface area contributed by atoms with Crippen molar-refractivity contribution in [3.05, 3.63) is 21.9 Å². The molecule has 2 aliphatic heterocycles. The number of nitrogens with zero attached hydrogens (tertiary/aromatic N) is 1. The van der Waals surface area contributed by atoms with Gasteiger partial charge in [0.05, 0.1) is 18.3 Å². The average Bonchev–Trinajstić information content (AvgIpc) is 3.02. The van der Waals surface area contributed by atoms with Gasteiger partial charge in [-0.3, -0.25) is 0 Å². The first kappa shape index (κ1) is 12.2. The second-order valence-corrected chi connectivity index (χ2v) is 6.53. The highest BCUT2D eigenvalue weighted by Gasteiger charge is 2.63. The van der Waals surface area contributed by atoms with E-state index in [9.17, 15) is 10.4 Å². The molecule has 0 aromatic carbocycles. The van der Waals surface area contributed by atoms with E-state index in [2.05, 4.69) is 6.07 Å². The van der Waals surface area contributed by atoms with E-state index in [0.717, 1.165) is 23.3 Å². The second kappa shape index (κ2) is 3.80. The molecule has 2 fully saturated rings. The second-order valence-electron chi connectivity index (χ2n) is 5.62. The van der Waals surface area contributed by atoms with Gasteiger partial charge in [-0.05, 0) is 50.1 Å². The molecule has 2 aliphatic rings. The number of fused-ring (bicyclic) bond motifs is 2. The lowest BCUT2D eigenvalue weighted by Crippen LogP contribution is -2.48. The number of thiophene rings is 1. The Balaban J connectivity index is 2.08. The van der Waals surface area contributed by atoms with E-state index in [0.29, 0.717) is 6.42 Å². The van der Waals surface area contributed by atoms with Crippen molar-refractivity contribution >= 4 is 11.3 Å². The topological polar surface area (TPSA) is 53.2 Å². The third kappa shape index (κ3) is 1.36. The summed E-state index contributed by atoms with van der Waals surface area (Å²) in [6, 6.07) is 4.39. The van der Waals surface area contributed by atoms with Crippen molar-refractivity contribution in [3.8, 4) is 6.07 Å². The van der Waals surface area contributed by atoms with Crippen LogP contribution in [0.15, 0.2) is 11.4 Å². The Morgan fingerprint density at radius 1 is 1.61 bits per heavy atom. The summed E-state index contributed by atoms with van der Waals surface area (Å²) in [5.41, 5.74) is -0.854. The Labute approximate surface area is 111 Å². The molecular formula is C14H17NO2S. The normalized spacial score (nSPS) is 37.4. The predicted octanol–water partition coefficient (Wildman–Crippen LogP) is 2.73. The minimum absolute atomic E-state index is 0.121. The Hall–Kier alpha value is -0.890. The molecule has 4 atom stereocenters. The van der Waals surface area contributed by atoms with Gasteiger partial charge in [0, 0.05) is 4.88 Å². The van der Waals surface area contributed by atoms with Crippen molar-refractivity contribution < 1.29 is 9.84 Å². The van der Waals surface area contributed by atoms with Crippen LogP contribution in [0, 0.1) is 23.7 Å². The summed E-state index contributed by atoms with van der Waals surface area (Å²) in [6.07, 6.45) is 2.59. The van der Waals surface area contributed by atoms with Gasteiger partial charge in [-0.15, -0.1) is 11.3 Å². The quantitative estimate of drug-likeness (QED) is 0.892. The van der Waals surface area contributed by atoms with Gasteiger partial charge >= 0.3 is 0 Å². The van der Waals surface area contributed by atoms with Gasteiger partial charge in [0.1, 0.15) is 11.0 Å². The molecule has 0 saturated carbocycles. The Morgan fingerprint density at radius 3 is 2.83 bits per heavy atom. The summed E-state index contributed by atoms with van der Waals surface area (Å²) in [4.78, 5) is 0.903. The number of hydrogen-bond donors (Lipinski definition) is 1. The fraction of sp³-hybridized carbons (Fsp3) is 0.643. The molecule has 0 radical (unpaired) electrons. The van der Waals surface area contributed by atoms with Crippen LogP contribution in [0.3, 0.4) is 0 Å². The highest BCUT2D eigenvalue weighted by atomic mass is 32.1. The number of ether oxygens (including phenoxy) is 1. The summed E-state index contributed by atoms with van der Waals surface area (Å²) < 4.78 is 5.83. The van der Waals surface area contributed by atoms with Crippen LogP contribution >= 0.6 is 11.3 Å². The van der Waals surface area contributed by atoms with Crippen LogP contribution in [-0.2, 0) is 10.3 Å². The van der Waals surface area contributed by atoms with Crippen LogP contribution < -0.4 is 0 Å². The molecule has 4 heteroatoms. The van der Waals surface area contributed by atoms with E-state index in [1.165, 1.54) is 11.3 Å². The van der Waals surface area contributed by atoms with Gasteiger partial charge in [-0.25, -0.2) is 0 Å². The molecule has 4 unspecified atom stereocenters. The van der Waals surface area contributed by atoms with Crippen LogP contribution in [0.2, 0.25) is 0 Å². The lowest BCUT2D eigenvalue weighted by Gasteiger charge is -2.41. The molecular weight excluding hydrogens is 246 g/mol. The summed E-state index contributed by atoms with van der Waals surface area (Å²) in [6.45, 7) is 3.76. The van der Waals surface area contributed by atoms with E-state index in [1.54, 1.807) is 6.92 Å². The fourth-order valence-electron chi connectivity index (χ4n) is 3.52. The number of nitriles is 1. The average molecular weight is 263 g/mol. The summed E-state index contributed by atoms with van der Waals surface area (Å²) in [5, 5.41) is 22.7. The fourth-order valence-corrected chi connectivity index (χ4v) is 4.60. The van der Waals surface area contributed by atoms with Crippen LogP contribution in [0.5, 0.6) is 0 Å². The SMILES string of the molecule is Cc1ccsc1C(C)(O)C1(C#N)CC2CCC1O2. The molecule has 2 saturated heterocycles. The molecule has 1 aromatic heterocycles. The largest absolute Gasteiger partial charge is 0.383 e. The van der Waals surface area contributed by atoms with E-state index in [1.807, 2.05) is 18.4 Å². The van der Waals surface area contributed by atoms with Crippen molar-refractivity contribution in [2.24, 2.45) is 5.41 Å². The van der Waals surface area contributed by atoms with Gasteiger partial charge < -0.3 is 9.84 Å². The van der Waals surface area contributed by atoms with Gasteiger partial charge in [0.2, 0.25) is 0 Å². The van der Waals surface area contributed by atoms with Crippen molar-refractivity contribution in [1.82, 2.24) is 0 Å². The van der Waals surface area contributed by atoms with E-state index in [-0.39, 0.29) is 12.2 Å². The van der Waals surface area contributed by atoms with Crippen molar-refractivity contribution in [1.29, 1.82) is 5.26 Å². The van der Waals surface area contributed by atoms with Gasteiger partial charge in [-0.1, -0.05) is 0 Å². The minimum Gasteiger partial charge on any atom is -0.383 e. The maximum Gasteiger partial charge on any atom is 0.119 e. The summed E-state index contributed by atoms with van der Waals surface area (Å²) in [7, 11) is 0. The maximum absolute atomic E-state index is 11.0. The molecule has 2 bridgehead atoms. The zero-order valence-electron chi connectivity index (χ0n) is 10.6. The van der Waals surface area contributed by atoms with E-state index < -0.39 is 11.0 Å². The number of hydrogen-bond acceptors (Lipinski definition) is 4. The zero-order chi connectivity index (χ0) is 13.0. The molecule has 3 heterocycles. The highest BCUT2D eigenvalue weighted by molar-refractivity contribution is 7.10. The number of aliphatic hydroxyl groups is 1. The van der Waals surface area contributed by atoms with Crippen LogP contribution in [0.25, 0.3) is 0 Å². The van der Waals surface area contributed by atoms with Crippen molar-refractivity contribution in [3.63, 3.8) is 0 Å². The lowest BCUT2D eigenvalue weighted by molar-refractivity contribution is -0.0751. The summed E-state index contributed by atoms with van der Waals surface area (Å²) in [5.74, 6) is 0. The van der Waals surface area contributed by atoms with E-state index in [4.69, 9.17) is 4.74 Å². The predicted molar refractivity (Wildman–Crippen MR) is 69.2 cm³/mol. The van der Waals surface area contributed by atoms with E-state index >= 15 is 0 Å². The first-order valence-corrected chi connectivity index (χ1v) is 7.23. The summed E-state index contributed by atoms with van der Waals surface area (Å²) >= 11 is 1.53. The Morgan fingerprint density at radius 2 is 2.39 bits per heavy atom. The van der Waals surface area contributed by atoms with Crippen molar-refractivity contribution in [2.75, 3.05) is 0 Å². The Bertz CT molecular complexity index is 516. The monoisotopic (exact) mass is 263 g/mol. The number of aryl methyl sites for hydroxylation is 1. The third-order valence-corrected chi connectivity index (χ3v) is 5.81. The molecule has 1 aromatic rings. The zero-order valence-corrected chi connectivity index (χ0v) is 11.5.